The summed E-state index contributed by atoms with van der Waals surface area (Å²) in [6.07, 6.45) is 0. The number of anilines is 2. The summed E-state index contributed by atoms with van der Waals surface area (Å²) in [5.74, 6) is -1.19. The molecule has 2 aromatic carbocycles. The number of rotatable bonds is 5. The van der Waals surface area contributed by atoms with Crippen molar-refractivity contribution in [1.29, 1.82) is 0 Å². The zero-order valence-electron chi connectivity index (χ0n) is 17.3. The highest BCUT2D eigenvalue weighted by molar-refractivity contribution is 6.11. The van der Waals surface area contributed by atoms with Gasteiger partial charge in [0.2, 0.25) is 11.8 Å². The topological polar surface area (TPSA) is 108 Å². The number of carbonyl (C=O) groups excluding carboxylic acids is 4. The lowest BCUT2D eigenvalue weighted by Gasteiger charge is -2.24. The van der Waals surface area contributed by atoms with Crippen molar-refractivity contribution in [3.63, 3.8) is 0 Å². The van der Waals surface area contributed by atoms with Crippen LogP contribution < -0.4 is 16.0 Å². The highest BCUT2D eigenvalue weighted by atomic mass is 16.2. The van der Waals surface area contributed by atoms with Gasteiger partial charge in [-0.3, -0.25) is 14.4 Å². The van der Waals surface area contributed by atoms with Crippen molar-refractivity contribution in [2.75, 3.05) is 10.6 Å². The number of amides is 5. The highest BCUT2D eigenvalue weighted by Gasteiger charge is 2.51. The van der Waals surface area contributed by atoms with Crippen molar-refractivity contribution < 1.29 is 19.2 Å². The van der Waals surface area contributed by atoms with Crippen molar-refractivity contribution >= 4 is 35.1 Å². The van der Waals surface area contributed by atoms with Crippen LogP contribution in [-0.4, -0.2) is 34.7 Å². The van der Waals surface area contributed by atoms with Gasteiger partial charge in [0.05, 0.1) is 0 Å². The molecule has 30 heavy (non-hydrogen) atoms. The van der Waals surface area contributed by atoms with Crippen LogP contribution in [0.1, 0.15) is 31.9 Å². The van der Waals surface area contributed by atoms with E-state index in [4.69, 9.17) is 0 Å². The second-order valence-corrected chi connectivity index (χ2v) is 7.52. The van der Waals surface area contributed by atoms with E-state index in [2.05, 4.69) is 16.0 Å². The Balaban J connectivity index is 1.74. The third-order valence-corrected chi connectivity index (χ3v) is 5.09. The summed E-state index contributed by atoms with van der Waals surface area (Å²) >= 11 is 0. The van der Waals surface area contributed by atoms with Crippen molar-refractivity contribution in [1.82, 2.24) is 10.2 Å². The number of nitrogens with one attached hydrogen (secondary N) is 3. The molecule has 1 heterocycles. The minimum atomic E-state index is -1.24. The Labute approximate surface area is 174 Å². The largest absolute Gasteiger partial charge is 0.326 e. The number of urea groups is 1. The van der Waals surface area contributed by atoms with Gasteiger partial charge >= 0.3 is 6.03 Å². The second-order valence-electron chi connectivity index (χ2n) is 7.52. The van der Waals surface area contributed by atoms with E-state index in [0.29, 0.717) is 16.9 Å². The van der Waals surface area contributed by atoms with Crippen molar-refractivity contribution in [2.45, 2.75) is 39.3 Å². The molecule has 8 heteroatoms. The van der Waals surface area contributed by atoms with Crippen LogP contribution in [0.25, 0.3) is 0 Å². The Morgan fingerprint density at radius 2 is 1.50 bits per heavy atom. The Morgan fingerprint density at radius 1 is 0.967 bits per heavy atom. The van der Waals surface area contributed by atoms with Crippen molar-refractivity contribution in [2.24, 2.45) is 0 Å². The molecule has 8 nitrogen and oxygen atoms in total. The summed E-state index contributed by atoms with van der Waals surface area (Å²) in [4.78, 5) is 50.4. The molecule has 0 bridgehead atoms. The Morgan fingerprint density at radius 3 is 2.03 bits per heavy atom. The fraction of sp³-hybridized carbons (Fsp3) is 0.273. The van der Waals surface area contributed by atoms with Crippen LogP contribution in [0.4, 0.5) is 16.2 Å². The number of aryl methyl sites for hydroxylation is 1. The molecule has 2 atom stereocenters. The first kappa shape index (κ1) is 21.0. The van der Waals surface area contributed by atoms with Crippen LogP contribution in [0.5, 0.6) is 0 Å². The quantitative estimate of drug-likeness (QED) is 0.661. The van der Waals surface area contributed by atoms with E-state index in [-0.39, 0.29) is 5.91 Å². The summed E-state index contributed by atoms with van der Waals surface area (Å²) in [7, 11) is 0. The van der Waals surface area contributed by atoms with E-state index in [1.54, 1.807) is 43.3 Å². The molecule has 156 valence electrons. The van der Waals surface area contributed by atoms with E-state index in [1.165, 1.54) is 13.8 Å². The number of benzene rings is 2. The number of hydrogen-bond donors (Lipinski definition) is 3. The first-order chi connectivity index (χ1) is 14.1. The minimum absolute atomic E-state index is 0.199. The molecule has 1 saturated heterocycles. The van der Waals surface area contributed by atoms with Crippen LogP contribution in [0.2, 0.25) is 0 Å². The molecule has 3 N–H and O–H groups in total. The summed E-state index contributed by atoms with van der Waals surface area (Å²) in [5, 5.41) is 8.03. The third kappa shape index (κ3) is 4.03. The van der Waals surface area contributed by atoms with Gasteiger partial charge in [-0.2, -0.15) is 0 Å². The summed E-state index contributed by atoms with van der Waals surface area (Å²) in [5.41, 5.74) is 1.52. The van der Waals surface area contributed by atoms with E-state index in [0.717, 1.165) is 10.5 Å². The molecule has 0 saturated carbocycles. The van der Waals surface area contributed by atoms with E-state index >= 15 is 0 Å². The lowest BCUT2D eigenvalue weighted by Crippen LogP contribution is -2.47. The maximum Gasteiger partial charge on any atom is 0.326 e. The van der Waals surface area contributed by atoms with Gasteiger partial charge in [0.15, 0.2) is 0 Å². The average molecular weight is 408 g/mol. The lowest BCUT2D eigenvalue weighted by molar-refractivity contribution is -0.136. The minimum Gasteiger partial charge on any atom is -0.326 e. The number of hydrogen-bond acceptors (Lipinski definition) is 4. The molecule has 1 aliphatic rings. The number of imide groups is 1. The average Bonchev–Trinajstić information content (AvgIpc) is 2.92. The Bertz CT molecular complexity index is 1000. The molecule has 0 aliphatic carbocycles. The summed E-state index contributed by atoms with van der Waals surface area (Å²) in [6, 6.07) is 12.2. The molecule has 1 fully saturated rings. The third-order valence-electron chi connectivity index (χ3n) is 5.09. The zero-order valence-corrected chi connectivity index (χ0v) is 17.3. The van der Waals surface area contributed by atoms with Crippen molar-refractivity contribution in [3.05, 3.63) is 59.7 Å². The van der Waals surface area contributed by atoms with Crippen LogP contribution in [0.15, 0.2) is 48.5 Å². The van der Waals surface area contributed by atoms with Gasteiger partial charge in [-0.15, -0.1) is 0 Å². The van der Waals surface area contributed by atoms with E-state index < -0.39 is 29.4 Å². The molecule has 3 rings (SSSR count). The maximum absolute atomic E-state index is 13.1. The van der Waals surface area contributed by atoms with Crippen LogP contribution >= 0.6 is 0 Å². The molecule has 0 aromatic heterocycles. The fourth-order valence-electron chi connectivity index (χ4n) is 3.30. The molecular formula is C22H24N4O4. The van der Waals surface area contributed by atoms with Crippen molar-refractivity contribution in [3.8, 4) is 0 Å². The standard InChI is InChI=1S/C22H24N4O4/c1-13-5-7-16(8-6-13)22(4)20(29)26(21(30)25-22)14(2)19(28)24-18-11-9-17(10-12-18)23-15(3)27/h5-12,14H,1-4H3,(H,23,27)(H,24,28)(H,25,30)/t14-,22+/m0/s1. The zero-order chi connectivity index (χ0) is 22.1. The second kappa shape index (κ2) is 7.98. The van der Waals surface area contributed by atoms with Crippen LogP contribution in [0, 0.1) is 6.92 Å². The van der Waals surface area contributed by atoms with Gasteiger partial charge in [0, 0.05) is 18.3 Å². The van der Waals surface area contributed by atoms with Gasteiger partial charge in [-0.25, -0.2) is 9.69 Å². The summed E-state index contributed by atoms with van der Waals surface area (Å²) < 4.78 is 0. The summed E-state index contributed by atoms with van der Waals surface area (Å²) in [6.45, 7) is 6.46. The Kier molecular flexibility index (Phi) is 5.60. The molecule has 5 amide bonds. The smallest absolute Gasteiger partial charge is 0.326 e. The van der Waals surface area contributed by atoms with Gasteiger partial charge < -0.3 is 16.0 Å². The SMILES string of the molecule is CC(=O)Nc1ccc(NC(=O)[C@H](C)N2C(=O)N[C@](C)(c3ccc(C)cc3)C2=O)cc1. The first-order valence-electron chi connectivity index (χ1n) is 9.53. The molecule has 0 spiro atoms. The predicted octanol–water partition coefficient (Wildman–Crippen LogP) is 2.75. The normalized spacial score (nSPS) is 19.3. The van der Waals surface area contributed by atoms with E-state index in [9.17, 15) is 19.2 Å². The first-order valence-corrected chi connectivity index (χ1v) is 9.53. The van der Waals surface area contributed by atoms with Gasteiger partial charge in [0.1, 0.15) is 11.6 Å². The van der Waals surface area contributed by atoms with Crippen LogP contribution in [-0.2, 0) is 19.9 Å². The number of nitrogens with zero attached hydrogens (tertiary/aromatic N) is 1. The Hall–Kier alpha value is -3.68. The molecule has 0 radical (unpaired) electrons. The highest BCUT2D eigenvalue weighted by Crippen LogP contribution is 2.30. The van der Waals surface area contributed by atoms with Crippen LogP contribution in [0.3, 0.4) is 0 Å². The van der Waals surface area contributed by atoms with Gasteiger partial charge in [0.25, 0.3) is 5.91 Å². The monoisotopic (exact) mass is 408 g/mol. The molecular weight excluding hydrogens is 384 g/mol. The predicted molar refractivity (Wildman–Crippen MR) is 113 cm³/mol. The number of carbonyl (C=O) groups is 4. The van der Waals surface area contributed by atoms with Gasteiger partial charge in [-0.1, -0.05) is 29.8 Å². The van der Waals surface area contributed by atoms with Gasteiger partial charge in [-0.05, 0) is 50.6 Å². The molecule has 2 aromatic rings. The lowest BCUT2D eigenvalue weighted by atomic mass is 9.91. The van der Waals surface area contributed by atoms with E-state index in [1.807, 2.05) is 19.1 Å². The molecule has 0 unspecified atom stereocenters. The maximum atomic E-state index is 13.1. The fourth-order valence-corrected chi connectivity index (χ4v) is 3.30. The molecule has 1 aliphatic heterocycles.